The molecular weight excluding hydrogens is 454 g/mol. The SMILES string of the molecule is O=[N+]([O-])c1c(-c2nn(C3CCCCO3)c3ccccc23)nn(C2CCCCO2)c1Br. The Morgan fingerprint density at radius 1 is 0.967 bits per heavy atom. The molecule has 4 heterocycles. The van der Waals surface area contributed by atoms with Crippen molar-refractivity contribution in [1.29, 1.82) is 0 Å². The number of halogens is 1. The van der Waals surface area contributed by atoms with Gasteiger partial charge in [-0.25, -0.2) is 9.36 Å². The summed E-state index contributed by atoms with van der Waals surface area (Å²) in [6.07, 6.45) is 5.21. The van der Waals surface area contributed by atoms with E-state index in [-0.39, 0.29) is 23.8 Å². The minimum Gasteiger partial charge on any atom is -0.356 e. The van der Waals surface area contributed by atoms with Gasteiger partial charge in [0.25, 0.3) is 0 Å². The first kappa shape index (κ1) is 19.7. The van der Waals surface area contributed by atoms with Crippen LogP contribution in [0.15, 0.2) is 28.9 Å². The number of benzene rings is 1. The molecule has 2 atom stereocenters. The Balaban J connectivity index is 1.67. The van der Waals surface area contributed by atoms with E-state index in [1.807, 2.05) is 28.9 Å². The molecule has 2 saturated heterocycles. The van der Waals surface area contributed by atoms with Gasteiger partial charge in [0.1, 0.15) is 5.69 Å². The van der Waals surface area contributed by atoms with Crippen LogP contribution in [0, 0.1) is 10.1 Å². The summed E-state index contributed by atoms with van der Waals surface area (Å²) in [5.74, 6) is 0. The monoisotopic (exact) mass is 475 g/mol. The number of hydrogen-bond donors (Lipinski definition) is 0. The van der Waals surface area contributed by atoms with Crippen LogP contribution in [0.4, 0.5) is 5.69 Å². The van der Waals surface area contributed by atoms with Crippen LogP contribution < -0.4 is 0 Å². The molecular formula is C20H22BrN5O4. The zero-order valence-electron chi connectivity index (χ0n) is 16.4. The fraction of sp³-hybridized carbons (Fsp3) is 0.500. The Bertz CT molecular complexity index is 1080. The van der Waals surface area contributed by atoms with Gasteiger partial charge in [0.2, 0.25) is 0 Å². The first-order valence-corrected chi connectivity index (χ1v) is 11.1. The van der Waals surface area contributed by atoms with E-state index in [9.17, 15) is 10.1 Å². The van der Waals surface area contributed by atoms with Crippen molar-refractivity contribution >= 4 is 32.5 Å². The van der Waals surface area contributed by atoms with Crippen molar-refractivity contribution in [2.24, 2.45) is 0 Å². The van der Waals surface area contributed by atoms with Gasteiger partial charge in [-0.3, -0.25) is 10.1 Å². The van der Waals surface area contributed by atoms with Gasteiger partial charge < -0.3 is 9.47 Å². The van der Waals surface area contributed by atoms with Gasteiger partial charge >= 0.3 is 5.69 Å². The maximum atomic E-state index is 12.0. The topological polar surface area (TPSA) is 97.2 Å². The third-order valence-corrected chi connectivity index (χ3v) is 6.44. The molecule has 0 bridgehead atoms. The Labute approximate surface area is 181 Å². The second-order valence-electron chi connectivity index (χ2n) is 7.64. The van der Waals surface area contributed by atoms with E-state index in [0.29, 0.717) is 23.5 Å². The molecule has 5 rings (SSSR count). The summed E-state index contributed by atoms with van der Waals surface area (Å²) in [7, 11) is 0. The van der Waals surface area contributed by atoms with E-state index in [2.05, 4.69) is 21.0 Å². The van der Waals surface area contributed by atoms with Crippen molar-refractivity contribution in [1.82, 2.24) is 19.6 Å². The van der Waals surface area contributed by atoms with Crippen molar-refractivity contribution in [3.8, 4) is 11.4 Å². The third-order valence-electron chi connectivity index (χ3n) is 5.71. The maximum Gasteiger partial charge on any atom is 0.331 e. The van der Waals surface area contributed by atoms with Crippen molar-refractivity contribution in [3.05, 3.63) is 39.0 Å². The van der Waals surface area contributed by atoms with Crippen LogP contribution in [0.25, 0.3) is 22.3 Å². The molecule has 2 fully saturated rings. The van der Waals surface area contributed by atoms with Gasteiger partial charge in [-0.2, -0.15) is 10.2 Å². The molecule has 2 unspecified atom stereocenters. The lowest BCUT2D eigenvalue weighted by Gasteiger charge is -2.23. The molecule has 158 valence electrons. The molecule has 10 heteroatoms. The van der Waals surface area contributed by atoms with Crippen molar-refractivity contribution in [2.45, 2.75) is 51.0 Å². The van der Waals surface area contributed by atoms with Gasteiger partial charge in [-0.05, 0) is 60.5 Å². The van der Waals surface area contributed by atoms with Gasteiger partial charge in [-0.1, -0.05) is 18.2 Å². The fourth-order valence-electron chi connectivity index (χ4n) is 4.23. The molecule has 2 aromatic heterocycles. The van der Waals surface area contributed by atoms with Gasteiger partial charge in [0.05, 0.1) is 10.4 Å². The van der Waals surface area contributed by atoms with Crippen molar-refractivity contribution in [2.75, 3.05) is 13.2 Å². The molecule has 2 aliphatic rings. The minimum absolute atomic E-state index is 0.0934. The number of nitro groups is 1. The summed E-state index contributed by atoms with van der Waals surface area (Å²) in [4.78, 5) is 11.6. The smallest absolute Gasteiger partial charge is 0.331 e. The van der Waals surface area contributed by atoms with E-state index < -0.39 is 4.92 Å². The molecule has 3 aromatic rings. The molecule has 0 saturated carbocycles. The van der Waals surface area contributed by atoms with Gasteiger partial charge in [-0.15, -0.1) is 0 Å². The normalized spacial score (nSPS) is 22.4. The quantitative estimate of drug-likeness (QED) is 0.390. The summed E-state index contributed by atoms with van der Waals surface area (Å²) in [6, 6.07) is 7.73. The van der Waals surface area contributed by atoms with Crippen molar-refractivity contribution < 1.29 is 14.4 Å². The van der Waals surface area contributed by atoms with Crippen LogP contribution in [-0.4, -0.2) is 37.7 Å². The summed E-state index contributed by atoms with van der Waals surface area (Å²) in [5.41, 5.74) is 1.52. The molecule has 0 spiro atoms. The summed E-state index contributed by atoms with van der Waals surface area (Å²) in [6.45, 7) is 1.31. The number of ether oxygens (including phenoxy) is 2. The number of nitrogens with zero attached hydrogens (tertiary/aromatic N) is 5. The zero-order chi connectivity index (χ0) is 20.7. The molecule has 9 nitrogen and oxygen atoms in total. The van der Waals surface area contributed by atoms with Crippen LogP contribution in [0.5, 0.6) is 0 Å². The summed E-state index contributed by atoms with van der Waals surface area (Å²) >= 11 is 3.40. The predicted molar refractivity (Wildman–Crippen MR) is 113 cm³/mol. The lowest BCUT2D eigenvalue weighted by molar-refractivity contribution is -0.385. The second kappa shape index (κ2) is 8.09. The van der Waals surface area contributed by atoms with Gasteiger partial charge in [0.15, 0.2) is 22.8 Å². The molecule has 2 aliphatic heterocycles. The first-order chi connectivity index (χ1) is 14.6. The maximum absolute atomic E-state index is 12.0. The molecule has 1 aromatic carbocycles. The average Bonchev–Trinajstić information content (AvgIpc) is 3.33. The van der Waals surface area contributed by atoms with E-state index in [1.54, 1.807) is 4.68 Å². The zero-order valence-corrected chi connectivity index (χ0v) is 18.0. The number of aromatic nitrogens is 4. The van der Waals surface area contributed by atoms with E-state index in [0.717, 1.165) is 49.4 Å². The fourth-order valence-corrected chi connectivity index (χ4v) is 4.87. The predicted octanol–water partition coefficient (Wildman–Crippen LogP) is 4.97. The van der Waals surface area contributed by atoms with E-state index >= 15 is 0 Å². The standard InChI is InChI=1S/C20H22BrN5O4/c21-20-19(26(27)28)18(23-25(20)16-10-4-6-12-30-16)17-13-7-1-2-8-14(13)24(22-17)15-9-3-5-11-29-15/h1-2,7-8,15-16H,3-6,9-12H2. The molecule has 0 N–H and O–H groups in total. The highest BCUT2D eigenvalue weighted by Crippen LogP contribution is 2.41. The number of para-hydroxylation sites is 1. The average molecular weight is 476 g/mol. The van der Waals surface area contributed by atoms with E-state index in [1.165, 1.54) is 0 Å². The van der Waals surface area contributed by atoms with Crippen LogP contribution in [0.3, 0.4) is 0 Å². The minimum atomic E-state index is -0.406. The highest BCUT2D eigenvalue weighted by atomic mass is 79.9. The Hall–Kier alpha value is -2.30. The van der Waals surface area contributed by atoms with Crippen LogP contribution >= 0.6 is 15.9 Å². The van der Waals surface area contributed by atoms with E-state index in [4.69, 9.17) is 14.6 Å². The van der Waals surface area contributed by atoms with Crippen LogP contribution in [0.1, 0.15) is 51.0 Å². The molecule has 0 amide bonds. The van der Waals surface area contributed by atoms with Crippen molar-refractivity contribution in [3.63, 3.8) is 0 Å². The first-order valence-electron chi connectivity index (χ1n) is 10.3. The lowest BCUT2D eigenvalue weighted by atomic mass is 10.1. The van der Waals surface area contributed by atoms with Crippen LogP contribution in [0.2, 0.25) is 0 Å². The van der Waals surface area contributed by atoms with Crippen LogP contribution in [-0.2, 0) is 9.47 Å². The molecule has 30 heavy (non-hydrogen) atoms. The highest BCUT2D eigenvalue weighted by molar-refractivity contribution is 9.10. The third kappa shape index (κ3) is 3.32. The Kier molecular flexibility index (Phi) is 5.30. The largest absolute Gasteiger partial charge is 0.356 e. The highest BCUT2D eigenvalue weighted by Gasteiger charge is 2.34. The molecule has 0 aliphatic carbocycles. The summed E-state index contributed by atoms with van der Waals surface area (Å²) in [5, 5.41) is 22.2. The Morgan fingerprint density at radius 3 is 2.23 bits per heavy atom. The second-order valence-corrected chi connectivity index (χ2v) is 8.39. The molecule has 0 radical (unpaired) electrons. The number of rotatable bonds is 4. The van der Waals surface area contributed by atoms with Gasteiger partial charge in [0, 0.05) is 18.6 Å². The number of hydrogen-bond acceptors (Lipinski definition) is 6. The lowest BCUT2D eigenvalue weighted by Crippen LogP contribution is -2.19. The Morgan fingerprint density at radius 2 is 1.60 bits per heavy atom. The summed E-state index contributed by atoms with van der Waals surface area (Å²) < 4.78 is 15.5. The number of fused-ring (bicyclic) bond motifs is 1.